The first-order valence-electron chi connectivity index (χ1n) is 3.46. The number of hydrogen-bond acceptors (Lipinski definition) is 1. The van der Waals surface area contributed by atoms with E-state index in [9.17, 15) is 4.79 Å². The Bertz CT molecular complexity index is 138. The van der Waals surface area contributed by atoms with Gasteiger partial charge in [-0.3, -0.25) is 4.79 Å². The fourth-order valence-corrected chi connectivity index (χ4v) is 0.442. The lowest BCUT2D eigenvalue weighted by atomic mass is 10.1. The lowest BCUT2D eigenvalue weighted by Crippen LogP contribution is -2.23. The first kappa shape index (κ1) is 9.21. The van der Waals surface area contributed by atoms with Crippen molar-refractivity contribution in [2.75, 3.05) is 6.54 Å². The molecule has 0 aromatic heterocycles. The van der Waals surface area contributed by atoms with Gasteiger partial charge in [-0.15, -0.1) is 0 Å². The van der Waals surface area contributed by atoms with E-state index in [0.717, 1.165) is 5.57 Å². The Balaban J connectivity index is 3.50. The first-order valence-corrected chi connectivity index (χ1v) is 3.46. The van der Waals surface area contributed by atoms with Crippen molar-refractivity contribution in [3.63, 3.8) is 0 Å². The smallest absolute Gasteiger partial charge is 0.217 e. The van der Waals surface area contributed by atoms with Crippen molar-refractivity contribution in [2.24, 2.45) is 5.92 Å². The third-order valence-electron chi connectivity index (χ3n) is 1.38. The molecule has 0 aromatic rings. The van der Waals surface area contributed by atoms with Crippen LogP contribution in [0.15, 0.2) is 12.2 Å². The van der Waals surface area contributed by atoms with Gasteiger partial charge in [-0.2, -0.15) is 0 Å². The van der Waals surface area contributed by atoms with Crippen LogP contribution < -0.4 is 5.32 Å². The summed E-state index contributed by atoms with van der Waals surface area (Å²) in [6, 6.07) is 0. The van der Waals surface area contributed by atoms with Crippen LogP contribution in [-0.4, -0.2) is 12.5 Å². The van der Waals surface area contributed by atoms with Crippen LogP contribution in [0.4, 0.5) is 0 Å². The first-order chi connectivity index (χ1) is 4.54. The summed E-state index contributed by atoms with van der Waals surface area (Å²) in [5.74, 6) is 0.452. The van der Waals surface area contributed by atoms with Crippen LogP contribution in [-0.2, 0) is 4.79 Å². The molecule has 0 saturated heterocycles. The van der Waals surface area contributed by atoms with Crippen molar-refractivity contribution < 1.29 is 4.79 Å². The van der Waals surface area contributed by atoms with E-state index in [1.807, 2.05) is 0 Å². The van der Waals surface area contributed by atoms with Crippen molar-refractivity contribution in [1.82, 2.24) is 5.32 Å². The second-order valence-electron chi connectivity index (χ2n) is 2.72. The van der Waals surface area contributed by atoms with E-state index in [1.165, 1.54) is 6.92 Å². The van der Waals surface area contributed by atoms with E-state index >= 15 is 0 Å². The maximum Gasteiger partial charge on any atom is 0.217 e. The summed E-state index contributed by atoms with van der Waals surface area (Å²) in [6.45, 7) is 10.0. The second kappa shape index (κ2) is 4.09. The maximum atomic E-state index is 10.4. The second-order valence-corrected chi connectivity index (χ2v) is 2.72. The summed E-state index contributed by atoms with van der Waals surface area (Å²) in [7, 11) is 0. The highest BCUT2D eigenvalue weighted by atomic mass is 16.1. The van der Waals surface area contributed by atoms with Gasteiger partial charge in [0.05, 0.1) is 0 Å². The molecule has 0 atom stereocenters. The predicted octanol–water partition coefficient (Wildman–Crippen LogP) is 1.33. The van der Waals surface area contributed by atoms with E-state index in [0.29, 0.717) is 12.5 Å². The Morgan fingerprint density at radius 1 is 1.60 bits per heavy atom. The summed E-state index contributed by atoms with van der Waals surface area (Å²) < 4.78 is 0. The largest absolute Gasteiger partial charge is 0.353 e. The predicted molar refractivity (Wildman–Crippen MR) is 42.7 cm³/mol. The van der Waals surface area contributed by atoms with Gasteiger partial charge in [0.15, 0.2) is 0 Å². The third kappa shape index (κ3) is 4.13. The summed E-state index contributed by atoms with van der Waals surface area (Å²) >= 11 is 0. The molecule has 2 nitrogen and oxygen atoms in total. The molecule has 0 aliphatic rings. The van der Waals surface area contributed by atoms with Gasteiger partial charge in [0.2, 0.25) is 5.91 Å². The molecule has 10 heavy (non-hydrogen) atoms. The van der Waals surface area contributed by atoms with Crippen LogP contribution >= 0.6 is 0 Å². The third-order valence-corrected chi connectivity index (χ3v) is 1.38. The Morgan fingerprint density at radius 2 is 2.10 bits per heavy atom. The van der Waals surface area contributed by atoms with Crippen LogP contribution in [0.3, 0.4) is 0 Å². The van der Waals surface area contributed by atoms with Gasteiger partial charge < -0.3 is 5.32 Å². The molecule has 0 rings (SSSR count). The average molecular weight is 141 g/mol. The van der Waals surface area contributed by atoms with Crippen molar-refractivity contribution in [2.45, 2.75) is 20.8 Å². The van der Waals surface area contributed by atoms with E-state index < -0.39 is 0 Å². The normalized spacial score (nSPS) is 9.60. The Morgan fingerprint density at radius 3 is 2.40 bits per heavy atom. The molecule has 0 bridgehead atoms. The zero-order valence-corrected chi connectivity index (χ0v) is 6.90. The molecule has 0 heterocycles. The molecule has 1 amide bonds. The maximum absolute atomic E-state index is 10.4. The molecule has 0 unspecified atom stereocenters. The van der Waals surface area contributed by atoms with Crippen molar-refractivity contribution >= 4 is 5.91 Å². The van der Waals surface area contributed by atoms with Crippen molar-refractivity contribution in [1.29, 1.82) is 0 Å². The summed E-state index contributed by atoms with van der Waals surface area (Å²) in [5.41, 5.74) is 1.07. The van der Waals surface area contributed by atoms with Gasteiger partial charge in [-0.25, -0.2) is 0 Å². The van der Waals surface area contributed by atoms with Crippen LogP contribution in [0.25, 0.3) is 0 Å². The molecule has 0 aromatic carbocycles. The van der Waals surface area contributed by atoms with Gasteiger partial charge in [0, 0.05) is 13.5 Å². The molecule has 58 valence electrons. The quantitative estimate of drug-likeness (QED) is 0.590. The summed E-state index contributed by atoms with van der Waals surface area (Å²) in [4.78, 5) is 10.4. The van der Waals surface area contributed by atoms with Crippen molar-refractivity contribution in [3.8, 4) is 0 Å². The molecule has 1 N–H and O–H groups in total. The molecule has 0 saturated carbocycles. The number of hydrogen-bond donors (Lipinski definition) is 1. The Hall–Kier alpha value is -0.790. The highest BCUT2D eigenvalue weighted by molar-refractivity contribution is 5.73. The minimum absolute atomic E-state index is 0.00167. The SMILES string of the molecule is C=C(CNC(C)=O)C(C)C. The topological polar surface area (TPSA) is 29.1 Å². The van der Waals surface area contributed by atoms with Gasteiger partial charge in [-0.05, 0) is 5.92 Å². The molecular formula is C8H15NO. The standard InChI is InChI=1S/C8H15NO/c1-6(2)7(3)5-9-8(4)10/h6H,3,5H2,1-2,4H3,(H,9,10). The van der Waals surface area contributed by atoms with E-state index in [-0.39, 0.29) is 5.91 Å². The van der Waals surface area contributed by atoms with Crippen LogP contribution in [0.1, 0.15) is 20.8 Å². The molecule has 0 aliphatic carbocycles. The van der Waals surface area contributed by atoms with Gasteiger partial charge >= 0.3 is 0 Å². The monoisotopic (exact) mass is 141 g/mol. The van der Waals surface area contributed by atoms with E-state index in [4.69, 9.17) is 0 Å². The van der Waals surface area contributed by atoms with Gasteiger partial charge in [-0.1, -0.05) is 26.0 Å². The van der Waals surface area contributed by atoms with Crippen LogP contribution in [0.2, 0.25) is 0 Å². The molecule has 2 heteroatoms. The van der Waals surface area contributed by atoms with Crippen LogP contribution in [0.5, 0.6) is 0 Å². The molecule has 0 radical (unpaired) electrons. The number of amides is 1. The number of rotatable bonds is 3. The molecular weight excluding hydrogens is 126 g/mol. The fourth-order valence-electron chi connectivity index (χ4n) is 0.442. The van der Waals surface area contributed by atoms with Gasteiger partial charge in [0.25, 0.3) is 0 Å². The Kier molecular flexibility index (Phi) is 3.77. The zero-order chi connectivity index (χ0) is 8.15. The number of nitrogens with one attached hydrogen (secondary N) is 1. The van der Waals surface area contributed by atoms with Crippen LogP contribution in [0, 0.1) is 5.92 Å². The number of carbonyl (C=O) groups excluding carboxylic acids is 1. The lowest BCUT2D eigenvalue weighted by molar-refractivity contribution is -0.118. The van der Waals surface area contributed by atoms with E-state index in [1.54, 1.807) is 0 Å². The fraction of sp³-hybridized carbons (Fsp3) is 0.625. The highest BCUT2D eigenvalue weighted by Crippen LogP contribution is 2.03. The zero-order valence-electron chi connectivity index (χ0n) is 6.90. The Labute approximate surface area is 62.3 Å². The number of carbonyl (C=O) groups is 1. The molecule has 0 aliphatic heterocycles. The van der Waals surface area contributed by atoms with Gasteiger partial charge in [0.1, 0.15) is 0 Å². The van der Waals surface area contributed by atoms with Crippen molar-refractivity contribution in [3.05, 3.63) is 12.2 Å². The minimum Gasteiger partial charge on any atom is -0.353 e. The van der Waals surface area contributed by atoms with E-state index in [2.05, 4.69) is 25.7 Å². The lowest BCUT2D eigenvalue weighted by Gasteiger charge is -2.08. The molecule has 0 fully saturated rings. The average Bonchev–Trinajstić information content (AvgIpc) is 1.82. The highest BCUT2D eigenvalue weighted by Gasteiger charge is 1.99. The summed E-state index contributed by atoms with van der Waals surface area (Å²) in [6.07, 6.45) is 0. The summed E-state index contributed by atoms with van der Waals surface area (Å²) in [5, 5.41) is 2.69. The molecule has 0 spiro atoms. The minimum atomic E-state index is 0.00167.